The largest absolute Gasteiger partial charge is 0.392 e. The van der Waals surface area contributed by atoms with Crippen LogP contribution in [0.25, 0.3) is 0 Å². The quantitative estimate of drug-likeness (QED) is 0.890. The van der Waals surface area contributed by atoms with Gasteiger partial charge in [-0.05, 0) is 36.8 Å². The van der Waals surface area contributed by atoms with E-state index in [-0.39, 0.29) is 37.2 Å². The lowest BCUT2D eigenvalue weighted by Crippen LogP contribution is -2.28. The number of anilines is 2. The van der Waals surface area contributed by atoms with Gasteiger partial charge < -0.3 is 15.3 Å². The smallest absolute Gasteiger partial charge is 0.229 e. The minimum Gasteiger partial charge on any atom is -0.392 e. The molecule has 0 saturated carbocycles. The Labute approximate surface area is 144 Å². The van der Waals surface area contributed by atoms with Crippen molar-refractivity contribution in [2.45, 2.75) is 20.0 Å². The van der Waals surface area contributed by atoms with Crippen molar-refractivity contribution in [2.24, 2.45) is 5.92 Å². The second kappa shape index (κ2) is 6.98. The molecule has 2 N–H and O–H groups in total. The molecule has 1 aromatic carbocycles. The number of hydrogen-bond donors (Lipinski definition) is 2. The number of nitrogens with zero attached hydrogens (tertiary/aromatic N) is 2. The number of pyridine rings is 1. The van der Waals surface area contributed by atoms with Crippen molar-refractivity contribution in [3.8, 4) is 0 Å². The molecular formula is C18H18FN3O3. The van der Waals surface area contributed by atoms with E-state index in [1.807, 2.05) is 0 Å². The van der Waals surface area contributed by atoms with Crippen molar-refractivity contribution in [3.05, 3.63) is 53.6 Å². The summed E-state index contributed by atoms with van der Waals surface area (Å²) >= 11 is 0. The first-order chi connectivity index (χ1) is 12.0. The molecule has 1 aliphatic heterocycles. The van der Waals surface area contributed by atoms with E-state index in [1.165, 1.54) is 29.4 Å². The van der Waals surface area contributed by atoms with E-state index in [2.05, 4.69) is 10.3 Å². The zero-order valence-electron chi connectivity index (χ0n) is 13.7. The molecule has 25 heavy (non-hydrogen) atoms. The summed E-state index contributed by atoms with van der Waals surface area (Å²) in [4.78, 5) is 30.2. The summed E-state index contributed by atoms with van der Waals surface area (Å²) in [5.74, 6) is -1.35. The van der Waals surface area contributed by atoms with Gasteiger partial charge in [-0.25, -0.2) is 4.39 Å². The van der Waals surface area contributed by atoms with Crippen LogP contribution in [0, 0.1) is 18.7 Å². The third-order valence-corrected chi connectivity index (χ3v) is 4.29. The molecule has 2 heterocycles. The molecule has 0 bridgehead atoms. The molecule has 0 radical (unpaired) electrons. The molecule has 2 aromatic rings. The lowest BCUT2D eigenvalue weighted by molar-refractivity contribution is -0.122. The van der Waals surface area contributed by atoms with Crippen LogP contribution in [0.2, 0.25) is 0 Å². The highest BCUT2D eigenvalue weighted by atomic mass is 19.1. The molecular weight excluding hydrogens is 325 g/mol. The Hall–Kier alpha value is -2.80. The Morgan fingerprint density at radius 3 is 2.96 bits per heavy atom. The van der Waals surface area contributed by atoms with Gasteiger partial charge in [-0.2, -0.15) is 0 Å². The minimum absolute atomic E-state index is 0.0803. The number of carbonyl (C=O) groups is 2. The third-order valence-electron chi connectivity index (χ3n) is 4.29. The van der Waals surface area contributed by atoms with Crippen molar-refractivity contribution in [3.63, 3.8) is 0 Å². The van der Waals surface area contributed by atoms with Gasteiger partial charge in [0.15, 0.2) is 0 Å². The number of aryl methyl sites for hydroxylation is 1. The Kier molecular flexibility index (Phi) is 4.76. The molecule has 7 heteroatoms. The van der Waals surface area contributed by atoms with E-state index in [4.69, 9.17) is 0 Å². The van der Waals surface area contributed by atoms with E-state index >= 15 is 0 Å². The average Bonchev–Trinajstić information content (AvgIpc) is 3.00. The van der Waals surface area contributed by atoms with Gasteiger partial charge in [-0.3, -0.25) is 14.6 Å². The maximum atomic E-state index is 13.4. The van der Waals surface area contributed by atoms with Crippen molar-refractivity contribution < 1.29 is 19.1 Å². The predicted octanol–water partition coefficient (Wildman–Crippen LogP) is 2.01. The Morgan fingerprint density at radius 2 is 2.24 bits per heavy atom. The number of aromatic nitrogens is 1. The van der Waals surface area contributed by atoms with Crippen molar-refractivity contribution in [1.82, 2.24) is 4.98 Å². The highest BCUT2D eigenvalue weighted by molar-refractivity contribution is 6.03. The van der Waals surface area contributed by atoms with Crippen LogP contribution in [0.4, 0.5) is 15.8 Å². The zero-order valence-corrected chi connectivity index (χ0v) is 13.7. The van der Waals surface area contributed by atoms with Gasteiger partial charge in [-0.15, -0.1) is 0 Å². The SMILES string of the molecule is Cc1cc(N2C[C@@H](C(=O)Nc3cnccc3CO)CC2=O)ccc1F. The van der Waals surface area contributed by atoms with E-state index in [0.29, 0.717) is 22.5 Å². The molecule has 3 rings (SSSR count). The number of carbonyl (C=O) groups excluding carboxylic acids is 2. The van der Waals surface area contributed by atoms with E-state index < -0.39 is 5.92 Å². The van der Waals surface area contributed by atoms with Gasteiger partial charge in [0.2, 0.25) is 11.8 Å². The average molecular weight is 343 g/mol. The van der Waals surface area contributed by atoms with Gasteiger partial charge in [0.05, 0.1) is 24.4 Å². The standard InChI is InChI=1S/C18H18FN3O3/c1-11-6-14(2-3-15(11)19)22-9-13(7-17(22)24)18(25)21-16-8-20-5-4-12(16)10-23/h2-6,8,13,23H,7,9-10H2,1H3,(H,21,25)/t13-/m0/s1. The monoisotopic (exact) mass is 343 g/mol. The summed E-state index contributed by atoms with van der Waals surface area (Å²) in [6, 6.07) is 6.06. The van der Waals surface area contributed by atoms with Gasteiger partial charge in [0, 0.05) is 30.4 Å². The molecule has 2 amide bonds. The maximum absolute atomic E-state index is 13.4. The summed E-state index contributed by atoms with van der Waals surface area (Å²) in [5, 5.41) is 12.0. The molecule has 130 valence electrons. The maximum Gasteiger partial charge on any atom is 0.229 e. The topological polar surface area (TPSA) is 82.5 Å². The molecule has 1 atom stereocenters. The second-order valence-electron chi connectivity index (χ2n) is 6.02. The van der Waals surface area contributed by atoms with E-state index in [0.717, 1.165) is 0 Å². The number of benzene rings is 1. The first kappa shape index (κ1) is 17.0. The fraction of sp³-hybridized carbons (Fsp3) is 0.278. The van der Waals surface area contributed by atoms with Crippen molar-refractivity contribution in [1.29, 1.82) is 0 Å². The van der Waals surface area contributed by atoms with Crippen LogP contribution in [0.1, 0.15) is 17.5 Å². The Bertz CT molecular complexity index is 825. The van der Waals surface area contributed by atoms with Crippen LogP contribution in [0.3, 0.4) is 0 Å². The van der Waals surface area contributed by atoms with Crippen molar-refractivity contribution >= 4 is 23.2 Å². The van der Waals surface area contributed by atoms with E-state index in [1.54, 1.807) is 19.1 Å². The fourth-order valence-corrected chi connectivity index (χ4v) is 2.84. The summed E-state index contributed by atoms with van der Waals surface area (Å²) in [7, 11) is 0. The van der Waals surface area contributed by atoms with Gasteiger partial charge in [0.25, 0.3) is 0 Å². The first-order valence-electron chi connectivity index (χ1n) is 7.90. The molecule has 0 spiro atoms. The van der Waals surface area contributed by atoms with Gasteiger partial charge in [0.1, 0.15) is 5.82 Å². The van der Waals surface area contributed by atoms with E-state index in [9.17, 15) is 19.1 Å². The molecule has 6 nitrogen and oxygen atoms in total. The van der Waals surface area contributed by atoms with Gasteiger partial charge >= 0.3 is 0 Å². The highest BCUT2D eigenvalue weighted by Gasteiger charge is 2.35. The molecule has 0 aliphatic carbocycles. The lowest BCUT2D eigenvalue weighted by atomic mass is 10.1. The number of aliphatic hydroxyl groups excluding tert-OH is 1. The summed E-state index contributed by atoms with van der Waals surface area (Å²) < 4.78 is 13.4. The summed E-state index contributed by atoms with van der Waals surface area (Å²) in [5.41, 5.74) is 2.01. The third kappa shape index (κ3) is 3.51. The number of hydrogen-bond acceptors (Lipinski definition) is 4. The minimum atomic E-state index is -0.524. The number of rotatable bonds is 4. The second-order valence-corrected chi connectivity index (χ2v) is 6.02. The lowest BCUT2D eigenvalue weighted by Gasteiger charge is -2.17. The molecule has 1 saturated heterocycles. The highest BCUT2D eigenvalue weighted by Crippen LogP contribution is 2.27. The van der Waals surface area contributed by atoms with Crippen LogP contribution in [0.5, 0.6) is 0 Å². The Morgan fingerprint density at radius 1 is 1.44 bits per heavy atom. The van der Waals surface area contributed by atoms with Crippen molar-refractivity contribution in [2.75, 3.05) is 16.8 Å². The summed E-state index contributed by atoms with van der Waals surface area (Å²) in [6.07, 6.45) is 3.07. The number of halogens is 1. The zero-order chi connectivity index (χ0) is 18.0. The van der Waals surface area contributed by atoms with Crippen LogP contribution in [0.15, 0.2) is 36.7 Å². The normalized spacial score (nSPS) is 17.0. The van der Waals surface area contributed by atoms with Crippen LogP contribution >= 0.6 is 0 Å². The van der Waals surface area contributed by atoms with Crippen LogP contribution < -0.4 is 10.2 Å². The molecule has 0 unspecified atom stereocenters. The molecule has 1 aromatic heterocycles. The number of nitrogens with one attached hydrogen (secondary N) is 1. The number of aliphatic hydroxyl groups is 1. The molecule has 1 fully saturated rings. The fourth-order valence-electron chi connectivity index (χ4n) is 2.84. The number of amides is 2. The van der Waals surface area contributed by atoms with Gasteiger partial charge in [-0.1, -0.05) is 0 Å². The Balaban J connectivity index is 1.73. The van der Waals surface area contributed by atoms with Crippen LogP contribution in [-0.2, 0) is 16.2 Å². The predicted molar refractivity (Wildman–Crippen MR) is 90.4 cm³/mol. The van der Waals surface area contributed by atoms with Crippen LogP contribution in [-0.4, -0.2) is 28.4 Å². The first-order valence-corrected chi connectivity index (χ1v) is 7.90. The summed E-state index contributed by atoms with van der Waals surface area (Å²) in [6.45, 7) is 1.63. The molecule has 1 aliphatic rings.